The van der Waals surface area contributed by atoms with Gasteiger partial charge in [0.05, 0.1) is 52.9 Å². The maximum absolute atomic E-state index is 13.2. The highest BCUT2D eigenvalue weighted by atomic mass is 35.5. The highest BCUT2D eigenvalue weighted by molar-refractivity contribution is 7.99. The number of nitrogens with zero attached hydrogens (tertiary/aromatic N) is 16. The fourth-order valence-electron chi connectivity index (χ4n) is 13.9. The van der Waals surface area contributed by atoms with Crippen molar-refractivity contribution in [3.05, 3.63) is 71.0 Å². The molecule has 604 valence electrons. The van der Waals surface area contributed by atoms with Crippen molar-refractivity contribution in [2.75, 3.05) is 40.7 Å². The minimum absolute atomic E-state index is 0.0308. The molecule has 8 aromatic heterocycles. The zero-order chi connectivity index (χ0) is 79.2. The van der Waals surface area contributed by atoms with E-state index in [1.807, 2.05) is 0 Å². The number of anilines is 3. The molecule has 14 rings (SSSR count). The number of halogens is 3. The van der Waals surface area contributed by atoms with Crippen LogP contribution in [0.15, 0.2) is 48.1 Å². The van der Waals surface area contributed by atoms with Crippen LogP contribution in [0.25, 0.3) is 33.1 Å². The van der Waals surface area contributed by atoms with Gasteiger partial charge in [-0.25, -0.2) is 40.8 Å². The molecule has 3 unspecified atom stereocenters. The van der Waals surface area contributed by atoms with Gasteiger partial charge in [-0.15, -0.1) is 10.2 Å². The van der Waals surface area contributed by atoms with E-state index in [4.69, 9.17) is 58.2 Å². The molecule has 3 aliphatic carbocycles. The van der Waals surface area contributed by atoms with Gasteiger partial charge in [-0.1, -0.05) is 38.5 Å². The van der Waals surface area contributed by atoms with Crippen molar-refractivity contribution in [1.29, 1.82) is 0 Å². The monoisotopic (exact) mass is 1700 g/mol. The maximum Gasteiger partial charge on any atom is 0.363 e. The molecule has 6 aliphatic rings. The highest BCUT2D eigenvalue weighted by Gasteiger charge is 2.57. The second-order valence-electron chi connectivity index (χ2n) is 27.4. The summed E-state index contributed by atoms with van der Waals surface area (Å²) in [7, 11) is -24.5. The minimum Gasteiger partial charge on any atom is -0.424 e. The summed E-state index contributed by atoms with van der Waals surface area (Å²) in [6.07, 6.45) is 2.36. The Kier molecular flexibility index (Phi) is 25.7. The zero-order valence-electron chi connectivity index (χ0n) is 57.7. The van der Waals surface area contributed by atoms with Crippen molar-refractivity contribution in [3.8, 4) is 0 Å². The number of rotatable bonds is 26. The van der Waals surface area contributed by atoms with Crippen LogP contribution in [0.2, 0.25) is 15.9 Å². The van der Waals surface area contributed by atoms with E-state index >= 15 is 0 Å². The lowest BCUT2D eigenvalue weighted by atomic mass is 10.1. The quantitative estimate of drug-likeness (QED) is 0.0268. The molecule has 110 heavy (non-hydrogen) atoms. The predicted octanol–water partition coefficient (Wildman–Crippen LogP) is 1.28. The molecule has 8 aromatic rings. The molecule has 0 aromatic carbocycles. The molecule has 6 fully saturated rings. The predicted molar refractivity (Wildman–Crippen MR) is 383 cm³/mol. The topological polar surface area (TPSA) is 651 Å². The Balaban J connectivity index is 0.000000154. The second-order valence-corrected chi connectivity index (χ2v) is 39.3. The molecule has 15 atom stereocenters. The molecule has 0 amide bonds. The first-order chi connectivity index (χ1) is 51.9. The van der Waals surface area contributed by atoms with E-state index in [9.17, 15) is 95.6 Å². The van der Waals surface area contributed by atoms with Crippen LogP contribution in [0.1, 0.15) is 126 Å². The van der Waals surface area contributed by atoms with Crippen LogP contribution in [-0.4, -0.2) is 269 Å². The zero-order valence-corrected chi connectivity index (χ0v) is 64.3. The van der Waals surface area contributed by atoms with Crippen LogP contribution in [0.5, 0.6) is 0 Å². The number of nitrogens with one attached hydrogen (secondary N) is 3. The van der Waals surface area contributed by atoms with Crippen molar-refractivity contribution in [2.45, 2.75) is 204 Å². The van der Waals surface area contributed by atoms with Crippen LogP contribution in [0.4, 0.5) is 17.5 Å². The average Bonchev–Trinajstić information content (AvgIpc) is 1.45. The Morgan fingerprint density at radius 3 is 1.32 bits per heavy atom. The van der Waals surface area contributed by atoms with E-state index < -0.39 is 175 Å². The number of hydrogen-bond donors (Lipinski definition) is 16. The van der Waals surface area contributed by atoms with Gasteiger partial charge >= 0.3 is 22.8 Å². The lowest BCUT2D eigenvalue weighted by Crippen LogP contribution is -2.44. The van der Waals surface area contributed by atoms with Gasteiger partial charge in [0.2, 0.25) is 28.1 Å². The standard InChI is InChI=1S/C21H27ClN7O8PS.C19H29ClN5O9PS.C18H23ClN7O8P/c22-21-27-18(26-12-3-1-2-4-12)13-8-25-29(19(13)28-21)20-17(31)16(30)14(37-20)9-39(35,36)15(38(32,33)34)5-11-6-23-10-24-7-11;1-19(6-7-26,35(29,30)31)36(32,33)9-12-13(27)14(28)17(34-12)25-16-11(8-21-25)15(23-18(20)24-16)22-10-4-2-3-5-10;19-18-23-13(22-8-3-1-2-4-8)9-5-21-26(14(9)24-18)16-12(28)11(27)10(34-16)6-32-17(35(29,30)31)15-25-20-7-33-15/h6-8,10,12,14-17,20,30-31H,1-5,9H2,(H,26,27,28)(H2,32,33,34);8,10,12-14,17,26-28H,2-7,9H2,1H3,(H,22,23,24)(H2,29,30,31);5,7-8,10-12,16-17,27-28H,1-4,6H2,(H,22,23,24)(H2,29,30,31)/t14-,15?,16-,17-,20-;12-,13-,14-,17-,19?;10-,11-,12-,16-,17?/m111/s1. The molecular weight excluding hydrogens is 1630 g/mol. The van der Waals surface area contributed by atoms with Gasteiger partial charge in [-0.3, -0.25) is 13.7 Å². The lowest BCUT2D eigenvalue weighted by molar-refractivity contribution is -0.0790. The van der Waals surface area contributed by atoms with Crippen LogP contribution >= 0.6 is 57.6 Å². The van der Waals surface area contributed by atoms with E-state index in [-0.39, 0.29) is 56.5 Å². The third-order valence-corrected chi connectivity index (χ3v) is 31.2. The summed E-state index contributed by atoms with van der Waals surface area (Å²) >= 11 is 18.4. The first-order valence-corrected chi connectivity index (χ1v) is 43.8. The fraction of sp³-hybridized carbons (Fsp3) is 0.638. The van der Waals surface area contributed by atoms with Gasteiger partial charge in [0.25, 0.3) is 5.89 Å². The maximum atomic E-state index is 13.2. The smallest absolute Gasteiger partial charge is 0.363 e. The second kappa shape index (κ2) is 33.9. The van der Waals surface area contributed by atoms with Gasteiger partial charge in [0, 0.05) is 50.0 Å². The lowest BCUT2D eigenvalue weighted by Gasteiger charge is -2.30. The van der Waals surface area contributed by atoms with Gasteiger partial charge in [0.1, 0.15) is 78.7 Å². The Morgan fingerprint density at radius 1 is 0.564 bits per heavy atom. The number of sulfone groups is 2. The first-order valence-electron chi connectivity index (χ1n) is 34.3. The summed E-state index contributed by atoms with van der Waals surface area (Å²) in [6.45, 7) is -0.471. The molecule has 11 heterocycles. The summed E-state index contributed by atoms with van der Waals surface area (Å²) in [5.74, 6) is -2.90. The van der Waals surface area contributed by atoms with Crippen molar-refractivity contribution in [3.63, 3.8) is 0 Å². The number of aromatic nitrogens is 16. The Bertz CT molecular complexity index is 4930. The summed E-state index contributed by atoms with van der Waals surface area (Å²) in [5.41, 5.74) is 0.840. The minimum atomic E-state index is -5.24. The highest BCUT2D eigenvalue weighted by Crippen LogP contribution is 2.57. The number of ether oxygens (including phenoxy) is 4. The first kappa shape index (κ1) is 83.5. The normalized spacial score (nSPS) is 26.4. The Morgan fingerprint density at radius 2 is 0.955 bits per heavy atom. The molecule has 0 spiro atoms. The molecule has 44 nitrogen and oxygen atoms in total. The molecular formula is C58H79Cl3N19O25P3S2. The largest absolute Gasteiger partial charge is 0.424 e. The van der Waals surface area contributed by atoms with Crippen molar-refractivity contribution < 1.29 is 119 Å². The third-order valence-electron chi connectivity index (χ3n) is 19.9. The van der Waals surface area contributed by atoms with Gasteiger partial charge in [-0.2, -0.15) is 45.2 Å². The molecule has 3 saturated carbocycles. The summed E-state index contributed by atoms with van der Waals surface area (Å²) in [6, 6.07) is 0.663. The summed E-state index contributed by atoms with van der Waals surface area (Å²) in [5, 5.41) is 104. The number of hydrogen-bond acceptors (Lipinski definition) is 35. The van der Waals surface area contributed by atoms with Crippen molar-refractivity contribution in [2.24, 2.45) is 0 Å². The average molecular weight is 1710 g/mol. The van der Waals surface area contributed by atoms with Crippen molar-refractivity contribution >= 4 is 128 Å². The van der Waals surface area contributed by atoms with Gasteiger partial charge < -0.3 is 104 Å². The van der Waals surface area contributed by atoms with Crippen molar-refractivity contribution in [1.82, 2.24) is 79.4 Å². The van der Waals surface area contributed by atoms with E-state index in [0.717, 1.165) is 95.0 Å². The SMILES string of the molecule is CC(CCO)(P(=O)(O)O)S(=O)(=O)C[C@H]1O[C@@H](n2ncc3c(NC4CCCC4)nc(Cl)nc32)[C@H](O)[C@@H]1O.O=P(O)(O)C(Cc1cncnc1)S(=O)(=O)C[C@H]1O[C@@H](n2ncc3c(NC4CCCC4)nc(Cl)nc32)[C@H](O)[C@@H]1O.O=P(O)(O)C(OC[C@H]1O[C@@H](n2ncc3c(NC4CCCC4)nc(Cl)nc32)[C@H](O)[C@@H]1O)c1nnco1. The molecule has 3 saturated heterocycles. The number of fused-ring (bicyclic) bond motifs is 3. The van der Waals surface area contributed by atoms with Crippen LogP contribution in [0, 0.1) is 0 Å². The summed E-state index contributed by atoms with van der Waals surface area (Å²) in [4.78, 5) is 88.9. The van der Waals surface area contributed by atoms with Gasteiger partial charge in [0.15, 0.2) is 64.8 Å². The van der Waals surface area contributed by atoms with Crippen LogP contribution < -0.4 is 16.0 Å². The van der Waals surface area contributed by atoms with E-state index in [1.165, 1.54) is 46.7 Å². The van der Waals surface area contributed by atoms with E-state index in [2.05, 4.69) is 81.3 Å². The van der Waals surface area contributed by atoms with E-state index in [0.29, 0.717) is 33.6 Å². The molecule has 0 bridgehead atoms. The third kappa shape index (κ3) is 18.1. The number of aliphatic hydroxyl groups excluding tert-OH is 7. The Labute approximate surface area is 638 Å². The summed E-state index contributed by atoms with van der Waals surface area (Å²) < 4.78 is 117. The van der Waals surface area contributed by atoms with Crippen LogP contribution in [-0.2, 0) is 58.7 Å². The molecule has 52 heteroatoms. The number of aliphatic hydroxyl groups is 7. The van der Waals surface area contributed by atoms with Gasteiger partial charge in [-0.05, 0) is 85.8 Å². The van der Waals surface area contributed by atoms with E-state index in [1.54, 1.807) is 0 Å². The molecule has 3 aliphatic heterocycles. The van der Waals surface area contributed by atoms with Crippen LogP contribution in [0.3, 0.4) is 0 Å². The Hall–Kier alpha value is -5.95. The molecule has 16 N–H and O–H groups in total. The molecule has 0 radical (unpaired) electrons. The fourth-order valence-corrected chi connectivity index (χ4v) is 22.4.